The number of halogens is 2. The molecule has 4 aromatic rings. The van der Waals surface area contributed by atoms with Gasteiger partial charge in [-0.05, 0) is 54.1 Å². The van der Waals surface area contributed by atoms with E-state index in [4.69, 9.17) is 23.2 Å². The molecule has 0 fully saturated rings. The molecule has 0 saturated heterocycles. The maximum absolute atomic E-state index is 12.3. The molecular weight excluding hydrogens is 467 g/mol. The number of nitrogens with one attached hydrogen (secondary N) is 1. The molecule has 1 amide bonds. The largest absolute Gasteiger partial charge is 0.272 e. The van der Waals surface area contributed by atoms with Crippen molar-refractivity contribution in [2.24, 2.45) is 5.10 Å². The second kappa shape index (κ2) is 10.4. The van der Waals surface area contributed by atoms with Gasteiger partial charge in [-0.25, -0.2) is 5.43 Å². The summed E-state index contributed by atoms with van der Waals surface area (Å²) in [4.78, 5) is 16.3. The molecule has 0 saturated carbocycles. The fourth-order valence-corrected chi connectivity index (χ4v) is 3.76. The van der Waals surface area contributed by atoms with Crippen LogP contribution in [0.2, 0.25) is 10.0 Å². The van der Waals surface area contributed by atoms with Gasteiger partial charge in [-0.3, -0.25) is 14.3 Å². The van der Waals surface area contributed by atoms with E-state index < -0.39 is 0 Å². The molecule has 32 heavy (non-hydrogen) atoms. The summed E-state index contributed by atoms with van der Waals surface area (Å²) < 4.78 is 1.88. The molecule has 0 aliphatic rings. The van der Waals surface area contributed by atoms with E-state index in [1.165, 1.54) is 11.8 Å². The molecule has 0 radical (unpaired) electrons. The average Bonchev–Trinajstić information content (AvgIpc) is 3.24. The van der Waals surface area contributed by atoms with Crippen molar-refractivity contribution in [3.63, 3.8) is 0 Å². The predicted octanol–water partition coefficient (Wildman–Crippen LogP) is 4.88. The van der Waals surface area contributed by atoms with Crippen LogP contribution in [0.5, 0.6) is 0 Å². The van der Waals surface area contributed by atoms with Crippen LogP contribution in [-0.4, -0.2) is 37.6 Å². The fourth-order valence-electron chi connectivity index (χ4n) is 2.76. The number of carbonyl (C=O) groups excluding carboxylic acids is 1. The Kier molecular flexibility index (Phi) is 7.16. The summed E-state index contributed by atoms with van der Waals surface area (Å²) in [5.74, 6) is 0.481. The second-order valence-electron chi connectivity index (χ2n) is 6.49. The average molecular weight is 483 g/mol. The summed E-state index contributed by atoms with van der Waals surface area (Å²) >= 11 is 13.2. The normalized spacial score (nSPS) is 11.1. The van der Waals surface area contributed by atoms with E-state index in [1.807, 2.05) is 41.0 Å². The lowest BCUT2D eigenvalue weighted by Gasteiger charge is -2.10. The van der Waals surface area contributed by atoms with Gasteiger partial charge in [0, 0.05) is 33.7 Å². The van der Waals surface area contributed by atoms with Gasteiger partial charge >= 0.3 is 0 Å². The third-order valence-electron chi connectivity index (χ3n) is 4.26. The van der Waals surface area contributed by atoms with Crippen LogP contribution in [0.3, 0.4) is 0 Å². The van der Waals surface area contributed by atoms with Crippen molar-refractivity contribution in [1.29, 1.82) is 0 Å². The first-order chi connectivity index (χ1) is 15.6. The summed E-state index contributed by atoms with van der Waals surface area (Å²) in [6.45, 7) is 0. The quantitative estimate of drug-likeness (QED) is 0.230. The number of hydrazone groups is 1. The minimum absolute atomic E-state index is 0.111. The van der Waals surface area contributed by atoms with Crippen LogP contribution in [0.25, 0.3) is 17.1 Å². The lowest BCUT2D eigenvalue weighted by atomic mass is 10.2. The highest BCUT2D eigenvalue weighted by molar-refractivity contribution is 7.99. The lowest BCUT2D eigenvalue weighted by Crippen LogP contribution is -2.20. The summed E-state index contributed by atoms with van der Waals surface area (Å²) in [6, 6.07) is 18.2. The van der Waals surface area contributed by atoms with Crippen LogP contribution < -0.4 is 5.43 Å². The van der Waals surface area contributed by atoms with Gasteiger partial charge in [0.05, 0.1) is 12.0 Å². The fraction of sp³-hybridized carbons (Fsp3) is 0.0455. The number of thioether (sulfide) groups is 1. The molecule has 2 heterocycles. The Bertz CT molecular complexity index is 1230. The maximum Gasteiger partial charge on any atom is 0.250 e. The molecular formula is C22H16Cl2N6OS. The van der Waals surface area contributed by atoms with Crippen LogP contribution >= 0.6 is 35.0 Å². The molecule has 4 rings (SSSR count). The topological polar surface area (TPSA) is 85.1 Å². The lowest BCUT2D eigenvalue weighted by molar-refractivity contribution is -0.118. The van der Waals surface area contributed by atoms with Crippen molar-refractivity contribution in [1.82, 2.24) is 25.2 Å². The molecule has 0 bridgehead atoms. The number of benzene rings is 2. The molecule has 0 aliphatic heterocycles. The van der Waals surface area contributed by atoms with Gasteiger partial charge in [0.25, 0.3) is 5.91 Å². The van der Waals surface area contributed by atoms with Crippen LogP contribution in [-0.2, 0) is 4.79 Å². The molecule has 0 aliphatic carbocycles. The standard InChI is InChI=1S/C22H16Cl2N6OS/c23-17-3-1-15(2-4-17)13-26-27-20(31)14-32-22-29-28-21(16-9-11-25-12-10-16)30(22)19-7-5-18(24)6-8-19/h1-13H,14H2,(H,27,31)/b26-13+. The van der Waals surface area contributed by atoms with E-state index in [0.717, 1.165) is 16.8 Å². The van der Waals surface area contributed by atoms with Gasteiger partial charge in [0.1, 0.15) is 0 Å². The smallest absolute Gasteiger partial charge is 0.250 e. The Morgan fingerprint density at radius 3 is 2.31 bits per heavy atom. The van der Waals surface area contributed by atoms with Crippen LogP contribution in [0.4, 0.5) is 0 Å². The van der Waals surface area contributed by atoms with Crippen molar-refractivity contribution in [2.45, 2.75) is 5.16 Å². The minimum Gasteiger partial charge on any atom is -0.272 e. The van der Waals surface area contributed by atoms with Crippen molar-refractivity contribution in [3.8, 4) is 17.1 Å². The van der Waals surface area contributed by atoms with Gasteiger partial charge in [0.2, 0.25) is 0 Å². The number of hydrogen-bond donors (Lipinski definition) is 1. The van der Waals surface area contributed by atoms with Gasteiger partial charge in [-0.1, -0.05) is 47.1 Å². The summed E-state index contributed by atoms with van der Waals surface area (Å²) in [5.41, 5.74) is 5.02. The number of hydrogen-bond acceptors (Lipinski definition) is 6. The Hall–Kier alpha value is -3.20. The summed E-state index contributed by atoms with van der Waals surface area (Å²) in [6.07, 6.45) is 4.93. The van der Waals surface area contributed by atoms with Crippen molar-refractivity contribution < 1.29 is 4.79 Å². The molecule has 7 nitrogen and oxygen atoms in total. The molecule has 10 heteroatoms. The number of aromatic nitrogens is 4. The number of carbonyl (C=O) groups is 1. The Morgan fingerprint density at radius 2 is 1.62 bits per heavy atom. The van der Waals surface area contributed by atoms with Crippen molar-refractivity contribution in [2.75, 3.05) is 5.75 Å². The van der Waals surface area contributed by atoms with Crippen molar-refractivity contribution in [3.05, 3.63) is 88.7 Å². The van der Waals surface area contributed by atoms with E-state index in [0.29, 0.717) is 21.0 Å². The first kappa shape index (κ1) is 22.0. The molecule has 0 atom stereocenters. The first-order valence-electron chi connectivity index (χ1n) is 9.42. The number of nitrogens with zero attached hydrogens (tertiary/aromatic N) is 5. The monoisotopic (exact) mass is 482 g/mol. The molecule has 0 unspecified atom stereocenters. The molecule has 0 spiro atoms. The van der Waals surface area contributed by atoms with Gasteiger partial charge < -0.3 is 0 Å². The van der Waals surface area contributed by atoms with Crippen LogP contribution in [0, 0.1) is 0 Å². The van der Waals surface area contributed by atoms with Crippen LogP contribution in [0.15, 0.2) is 83.3 Å². The number of rotatable bonds is 7. The number of pyridine rings is 1. The highest BCUT2D eigenvalue weighted by atomic mass is 35.5. The zero-order chi connectivity index (χ0) is 22.3. The van der Waals surface area contributed by atoms with Gasteiger partial charge in [-0.15, -0.1) is 10.2 Å². The third kappa shape index (κ3) is 5.53. The minimum atomic E-state index is -0.267. The zero-order valence-electron chi connectivity index (χ0n) is 16.5. The van der Waals surface area contributed by atoms with E-state index in [1.54, 1.807) is 42.9 Å². The maximum atomic E-state index is 12.3. The molecule has 2 aromatic carbocycles. The Labute approximate surface area is 198 Å². The summed E-state index contributed by atoms with van der Waals surface area (Å²) in [5, 5.41) is 14.4. The second-order valence-corrected chi connectivity index (χ2v) is 8.30. The highest BCUT2D eigenvalue weighted by Crippen LogP contribution is 2.28. The first-order valence-corrected chi connectivity index (χ1v) is 11.2. The van der Waals surface area contributed by atoms with E-state index in [2.05, 4.69) is 25.7 Å². The zero-order valence-corrected chi connectivity index (χ0v) is 18.8. The van der Waals surface area contributed by atoms with Gasteiger partial charge in [-0.2, -0.15) is 5.10 Å². The van der Waals surface area contributed by atoms with Crippen LogP contribution in [0.1, 0.15) is 5.56 Å². The highest BCUT2D eigenvalue weighted by Gasteiger charge is 2.17. The predicted molar refractivity (Wildman–Crippen MR) is 128 cm³/mol. The third-order valence-corrected chi connectivity index (χ3v) is 5.69. The van der Waals surface area contributed by atoms with E-state index >= 15 is 0 Å². The van der Waals surface area contributed by atoms with Gasteiger partial charge in [0.15, 0.2) is 11.0 Å². The molecule has 160 valence electrons. The Balaban J connectivity index is 1.49. The Morgan fingerprint density at radius 1 is 0.969 bits per heavy atom. The summed E-state index contributed by atoms with van der Waals surface area (Å²) in [7, 11) is 0. The van der Waals surface area contributed by atoms with E-state index in [-0.39, 0.29) is 11.7 Å². The SMILES string of the molecule is O=C(CSc1nnc(-c2ccncc2)n1-c1ccc(Cl)cc1)N/N=C/c1ccc(Cl)cc1. The van der Waals surface area contributed by atoms with Crippen molar-refractivity contribution >= 4 is 47.1 Å². The van der Waals surface area contributed by atoms with E-state index in [9.17, 15) is 4.79 Å². The number of amides is 1. The molecule has 1 N–H and O–H groups in total. The molecule has 2 aromatic heterocycles.